The van der Waals surface area contributed by atoms with E-state index in [1.54, 1.807) is 37.0 Å². The van der Waals surface area contributed by atoms with Gasteiger partial charge in [-0.2, -0.15) is 13.2 Å². The fourth-order valence-corrected chi connectivity index (χ4v) is 5.52. The molecule has 0 saturated heterocycles. The summed E-state index contributed by atoms with van der Waals surface area (Å²) in [6.45, 7) is 1.48. The predicted molar refractivity (Wildman–Crippen MR) is 138 cm³/mol. The van der Waals surface area contributed by atoms with Crippen molar-refractivity contribution in [1.29, 1.82) is 0 Å². The number of hydrogen-bond donors (Lipinski definition) is 1. The number of aromatic nitrogens is 2. The van der Waals surface area contributed by atoms with Crippen LogP contribution < -0.4 is 0 Å². The molecular formula is C26H22F3N3O3S2. The van der Waals surface area contributed by atoms with E-state index in [0.717, 1.165) is 29.2 Å². The quantitative estimate of drug-likeness (QED) is 0.194. The molecule has 0 aliphatic carbocycles. The molecule has 192 valence electrons. The van der Waals surface area contributed by atoms with Gasteiger partial charge >= 0.3 is 6.18 Å². The summed E-state index contributed by atoms with van der Waals surface area (Å²) < 4.78 is 40.3. The Morgan fingerprint density at radius 1 is 1.08 bits per heavy atom. The molecule has 0 amide bonds. The summed E-state index contributed by atoms with van der Waals surface area (Å²) in [6, 6.07) is 7.79. The van der Waals surface area contributed by atoms with Crippen molar-refractivity contribution >= 4 is 40.0 Å². The number of aryl methyl sites for hydroxylation is 2. The third-order valence-corrected chi connectivity index (χ3v) is 7.95. The number of carbonyl (C=O) groups excluding carboxylic acids is 2. The van der Waals surface area contributed by atoms with E-state index < -0.39 is 11.7 Å². The van der Waals surface area contributed by atoms with E-state index in [-0.39, 0.29) is 23.9 Å². The maximum absolute atomic E-state index is 12.8. The summed E-state index contributed by atoms with van der Waals surface area (Å²) in [5.74, 6) is -0.410. The van der Waals surface area contributed by atoms with Crippen LogP contribution in [0.3, 0.4) is 0 Å². The number of alkyl halides is 3. The normalized spacial score (nSPS) is 12.2. The number of ketones is 2. The number of rotatable bonds is 9. The molecule has 6 nitrogen and oxygen atoms in total. The van der Waals surface area contributed by atoms with Crippen LogP contribution >= 0.6 is 22.7 Å². The smallest absolute Gasteiger partial charge is 0.416 e. The summed E-state index contributed by atoms with van der Waals surface area (Å²) in [4.78, 5) is 34.8. The second kappa shape index (κ2) is 10.8. The van der Waals surface area contributed by atoms with Gasteiger partial charge in [0.2, 0.25) is 0 Å². The summed E-state index contributed by atoms with van der Waals surface area (Å²) in [5, 5.41) is 12.3. The van der Waals surface area contributed by atoms with Gasteiger partial charge in [-0.15, -0.1) is 22.7 Å². The zero-order valence-corrected chi connectivity index (χ0v) is 21.5. The lowest BCUT2D eigenvalue weighted by molar-refractivity contribution is -0.137. The van der Waals surface area contributed by atoms with Gasteiger partial charge in [0, 0.05) is 42.0 Å². The van der Waals surface area contributed by atoms with Crippen molar-refractivity contribution in [1.82, 2.24) is 9.55 Å². The van der Waals surface area contributed by atoms with Crippen molar-refractivity contribution in [2.24, 2.45) is 12.0 Å². The molecule has 1 N–H and O–H groups in total. The minimum atomic E-state index is -4.44. The molecule has 1 aromatic carbocycles. The Bertz CT molecular complexity index is 1460. The zero-order chi connectivity index (χ0) is 26.7. The Labute approximate surface area is 218 Å². The molecule has 0 aliphatic heterocycles. The van der Waals surface area contributed by atoms with Gasteiger partial charge in [0.05, 0.1) is 26.5 Å². The second-order valence-corrected chi connectivity index (χ2v) is 10.3. The number of halogens is 3. The number of carbonyl (C=O) groups is 2. The van der Waals surface area contributed by atoms with Gasteiger partial charge in [-0.05, 0) is 43.2 Å². The first-order valence-electron chi connectivity index (χ1n) is 11.2. The van der Waals surface area contributed by atoms with Gasteiger partial charge in [0.15, 0.2) is 11.6 Å². The predicted octanol–water partition coefficient (Wildman–Crippen LogP) is 6.44. The van der Waals surface area contributed by atoms with Crippen molar-refractivity contribution in [3.63, 3.8) is 0 Å². The number of benzene rings is 1. The van der Waals surface area contributed by atoms with Crippen molar-refractivity contribution < 1.29 is 27.9 Å². The van der Waals surface area contributed by atoms with E-state index in [4.69, 9.17) is 0 Å². The van der Waals surface area contributed by atoms with Gasteiger partial charge < -0.3 is 9.67 Å². The molecule has 0 radical (unpaired) electrons. The molecule has 3 heterocycles. The minimum Gasteiger partial charge on any atom is -0.506 e. The van der Waals surface area contributed by atoms with Crippen molar-refractivity contribution in [3.8, 4) is 16.2 Å². The highest BCUT2D eigenvalue weighted by atomic mass is 32.1. The lowest BCUT2D eigenvalue weighted by atomic mass is 10.1. The lowest BCUT2D eigenvalue weighted by Crippen LogP contribution is -2.04. The zero-order valence-electron chi connectivity index (χ0n) is 19.9. The van der Waals surface area contributed by atoms with Crippen LogP contribution in [0.2, 0.25) is 0 Å². The molecule has 37 heavy (non-hydrogen) atoms. The van der Waals surface area contributed by atoms with Gasteiger partial charge in [-0.25, -0.2) is 4.98 Å². The third-order valence-electron chi connectivity index (χ3n) is 5.77. The van der Waals surface area contributed by atoms with Gasteiger partial charge in [0.25, 0.3) is 0 Å². The molecule has 0 bridgehead atoms. The standard InChI is InChI=1S/C26H22F3N3O3S2/c1-15(19-13-36-25(24(19)35)16-3-5-17(6-4-16)26(27,28)29)31-12-21(34)23-10-9-22(37-23)20(33)8-7-18-11-30-14-32(18)2/h3-6,9-11,13-14,35H,7-8,12H2,1-2H3. The number of thiophene rings is 2. The van der Waals surface area contributed by atoms with Gasteiger partial charge in [-0.1, -0.05) is 12.1 Å². The maximum Gasteiger partial charge on any atom is 0.416 e. The highest BCUT2D eigenvalue weighted by Gasteiger charge is 2.30. The summed E-state index contributed by atoms with van der Waals surface area (Å²) in [7, 11) is 1.86. The molecule has 0 saturated carbocycles. The van der Waals surface area contributed by atoms with Crippen LogP contribution in [0, 0.1) is 0 Å². The largest absolute Gasteiger partial charge is 0.506 e. The van der Waals surface area contributed by atoms with Crippen LogP contribution in [0.4, 0.5) is 13.2 Å². The van der Waals surface area contributed by atoms with Crippen LogP contribution in [0.25, 0.3) is 10.4 Å². The molecule has 0 spiro atoms. The molecule has 4 rings (SSSR count). The fraction of sp³-hybridized carbons (Fsp3) is 0.231. The van der Waals surface area contributed by atoms with E-state index in [1.165, 1.54) is 23.5 Å². The molecule has 0 unspecified atom stereocenters. The average molecular weight is 546 g/mol. The topological polar surface area (TPSA) is 84.5 Å². The molecule has 4 aromatic rings. The van der Waals surface area contributed by atoms with Crippen LogP contribution in [0.1, 0.15) is 49.5 Å². The molecule has 3 aromatic heterocycles. The van der Waals surface area contributed by atoms with E-state index >= 15 is 0 Å². The van der Waals surface area contributed by atoms with E-state index in [1.807, 2.05) is 11.6 Å². The maximum atomic E-state index is 12.8. The van der Waals surface area contributed by atoms with Gasteiger partial charge in [0.1, 0.15) is 12.3 Å². The van der Waals surface area contributed by atoms with E-state index in [0.29, 0.717) is 44.3 Å². The summed E-state index contributed by atoms with van der Waals surface area (Å²) in [5.41, 5.74) is 1.46. The number of imidazole rings is 1. The Kier molecular flexibility index (Phi) is 7.74. The number of Topliss-reactive ketones (excluding diaryl/α,β-unsaturated/α-hetero) is 2. The first-order chi connectivity index (χ1) is 17.5. The fourth-order valence-electron chi connectivity index (χ4n) is 3.61. The van der Waals surface area contributed by atoms with Crippen LogP contribution in [0.15, 0.2) is 59.3 Å². The number of aliphatic imine (C=N–C) groups is 1. The summed E-state index contributed by atoms with van der Waals surface area (Å²) in [6.07, 6.45) is -0.181. The molecule has 0 atom stereocenters. The highest BCUT2D eigenvalue weighted by Crippen LogP contribution is 2.40. The number of nitrogens with zero attached hydrogens (tertiary/aromatic N) is 3. The van der Waals surface area contributed by atoms with Gasteiger partial charge in [-0.3, -0.25) is 14.6 Å². The van der Waals surface area contributed by atoms with Crippen LogP contribution in [0.5, 0.6) is 5.75 Å². The molecular weight excluding hydrogens is 523 g/mol. The average Bonchev–Trinajstić information content (AvgIpc) is 3.60. The highest BCUT2D eigenvalue weighted by molar-refractivity contribution is 7.16. The second-order valence-electron chi connectivity index (χ2n) is 8.31. The van der Waals surface area contributed by atoms with Crippen LogP contribution in [-0.4, -0.2) is 38.5 Å². The monoisotopic (exact) mass is 545 g/mol. The molecule has 0 fully saturated rings. The lowest BCUT2D eigenvalue weighted by Gasteiger charge is -2.07. The Morgan fingerprint density at radius 2 is 1.76 bits per heavy atom. The Balaban J connectivity index is 1.39. The Hall–Kier alpha value is -3.57. The minimum absolute atomic E-state index is 0.0519. The van der Waals surface area contributed by atoms with Crippen LogP contribution in [-0.2, 0) is 19.6 Å². The number of hydrogen-bond acceptors (Lipinski definition) is 7. The Morgan fingerprint density at radius 3 is 2.38 bits per heavy atom. The first-order valence-corrected chi connectivity index (χ1v) is 12.8. The first kappa shape index (κ1) is 26.5. The number of aromatic hydroxyl groups is 1. The SMILES string of the molecule is CC(=NCC(=O)c1ccc(C(=O)CCc2cncn2C)s1)c1csc(-c2ccc(C(F)(F)F)cc2)c1O. The van der Waals surface area contributed by atoms with Crippen molar-refractivity contribution in [3.05, 3.63) is 80.9 Å². The third kappa shape index (κ3) is 6.05. The van der Waals surface area contributed by atoms with E-state index in [9.17, 15) is 27.9 Å². The molecule has 0 aliphatic rings. The molecule has 11 heteroatoms. The summed E-state index contributed by atoms with van der Waals surface area (Å²) >= 11 is 2.30. The van der Waals surface area contributed by atoms with E-state index in [2.05, 4.69) is 9.98 Å². The van der Waals surface area contributed by atoms with Crippen molar-refractivity contribution in [2.45, 2.75) is 25.9 Å². The van der Waals surface area contributed by atoms with Crippen molar-refractivity contribution in [2.75, 3.05) is 6.54 Å².